The number of aryl methyl sites for hydroxylation is 1. The van der Waals surface area contributed by atoms with Crippen LogP contribution in [0.15, 0.2) is 12.2 Å². The maximum atomic E-state index is 12.1. The predicted molar refractivity (Wildman–Crippen MR) is 73.6 cm³/mol. The Balaban J connectivity index is 2.14. The van der Waals surface area contributed by atoms with Crippen LogP contribution in [0.5, 0.6) is 0 Å². The molecule has 94 valence electrons. The highest BCUT2D eigenvalue weighted by Gasteiger charge is 2.21. The van der Waals surface area contributed by atoms with Crippen molar-refractivity contribution in [2.45, 2.75) is 33.1 Å². The van der Waals surface area contributed by atoms with E-state index in [0.717, 1.165) is 29.7 Å². The number of carbonyl (C=O) groups excluding carboxylic acids is 1. The monoisotopic (exact) mass is 260 g/mol. The molecule has 1 amide bonds. The fourth-order valence-electron chi connectivity index (χ4n) is 2.10. The number of nitrogens with one attached hydrogen (secondary N) is 1. The lowest BCUT2D eigenvalue weighted by Gasteiger charge is -2.16. The molecule has 0 saturated carbocycles. The zero-order chi connectivity index (χ0) is 13.1. The highest BCUT2D eigenvalue weighted by molar-refractivity contribution is 7.16. The van der Waals surface area contributed by atoms with E-state index in [1.165, 1.54) is 11.3 Å². The van der Waals surface area contributed by atoms with Gasteiger partial charge in [-0.2, -0.15) is 5.26 Å². The summed E-state index contributed by atoms with van der Waals surface area (Å²) in [6, 6.07) is 2.17. The summed E-state index contributed by atoms with van der Waals surface area (Å²) >= 11 is 1.49. The summed E-state index contributed by atoms with van der Waals surface area (Å²) in [5.41, 5.74) is 1.58. The van der Waals surface area contributed by atoms with E-state index in [1.54, 1.807) is 0 Å². The van der Waals surface area contributed by atoms with Gasteiger partial charge in [0.2, 0.25) is 5.91 Å². The number of nitrogens with zero attached hydrogens (tertiary/aromatic N) is 1. The minimum Gasteiger partial charge on any atom is -0.316 e. The van der Waals surface area contributed by atoms with Crippen LogP contribution in [0, 0.1) is 31.1 Å². The molecule has 1 unspecified atom stereocenters. The van der Waals surface area contributed by atoms with E-state index in [2.05, 4.69) is 23.5 Å². The number of nitriles is 1. The number of anilines is 1. The maximum absolute atomic E-state index is 12.1. The molecule has 1 aromatic heterocycles. The van der Waals surface area contributed by atoms with Gasteiger partial charge in [0.05, 0.1) is 5.56 Å². The molecule has 18 heavy (non-hydrogen) atoms. The van der Waals surface area contributed by atoms with E-state index in [0.29, 0.717) is 10.6 Å². The Labute approximate surface area is 111 Å². The van der Waals surface area contributed by atoms with Crippen LogP contribution in [0.25, 0.3) is 0 Å². The number of hydrogen-bond acceptors (Lipinski definition) is 3. The summed E-state index contributed by atoms with van der Waals surface area (Å²) in [7, 11) is 0. The first-order chi connectivity index (χ1) is 8.63. The van der Waals surface area contributed by atoms with Crippen LogP contribution >= 0.6 is 11.3 Å². The van der Waals surface area contributed by atoms with Gasteiger partial charge in [-0.05, 0) is 38.7 Å². The van der Waals surface area contributed by atoms with Crippen molar-refractivity contribution in [3.63, 3.8) is 0 Å². The molecule has 1 N–H and O–H groups in total. The molecule has 0 aromatic carbocycles. The topological polar surface area (TPSA) is 52.9 Å². The van der Waals surface area contributed by atoms with Gasteiger partial charge in [-0.1, -0.05) is 12.2 Å². The van der Waals surface area contributed by atoms with E-state index < -0.39 is 0 Å². The van der Waals surface area contributed by atoms with Gasteiger partial charge in [0.25, 0.3) is 0 Å². The smallest absolute Gasteiger partial charge is 0.228 e. The summed E-state index contributed by atoms with van der Waals surface area (Å²) in [6.07, 6.45) is 6.84. The van der Waals surface area contributed by atoms with E-state index >= 15 is 0 Å². The summed E-state index contributed by atoms with van der Waals surface area (Å²) in [6.45, 7) is 3.89. The molecule has 0 saturated heterocycles. The molecule has 0 bridgehead atoms. The van der Waals surface area contributed by atoms with E-state index in [9.17, 15) is 4.79 Å². The minimum atomic E-state index is 0.0390. The van der Waals surface area contributed by atoms with Crippen molar-refractivity contribution in [3.8, 4) is 6.07 Å². The summed E-state index contributed by atoms with van der Waals surface area (Å²) in [5, 5.41) is 12.7. The van der Waals surface area contributed by atoms with Crippen molar-refractivity contribution in [2.75, 3.05) is 5.32 Å². The summed E-state index contributed by atoms with van der Waals surface area (Å²) in [4.78, 5) is 13.2. The van der Waals surface area contributed by atoms with Crippen LogP contribution in [-0.4, -0.2) is 5.91 Å². The molecule has 2 rings (SSSR count). The van der Waals surface area contributed by atoms with Crippen LogP contribution in [0.4, 0.5) is 5.00 Å². The Morgan fingerprint density at radius 2 is 2.28 bits per heavy atom. The normalized spacial score (nSPS) is 18.4. The highest BCUT2D eigenvalue weighted by atomic mass is 32.1. The molecule has 0 spiro atoms. The van der Waals surface area contributed by atoms with Crippen LogP contribution < -0.4 is 5.32 Å². The zero-order valence-electron chi connectivity index (χ0n) is 10.6. The fourth-order valence-corrected chi connectivity index (χ4v) is 3.11. The zero-order valence-corrected chi connectivity index (χ0v) is 11.4. The van der Waals surface area contributed by atoms with Crippen LogP contribution in [0.1, 0.15) is 35.3 Å². The second kappa shape index (κ2) is 5.36. The van der Waals surface area contributed by atoms with Crippen LogP contribution in [0.3, 0.4) is 0 Å². The number of hydrogen-bond donors (Lipinski definition) is 1. The van der Waals surface area contributed by atoms with Crippen molar-refractivity contribution < 1.29 is 4.79 Å². The average molecular weight is 260 g/mol. The lowest BCUT2D eigenvalue weighted by atomic mass is 9.94. The lowest BCUT2D eigenvalue weighted by molar-refractivity contribution is -0.120. The van der Waals surface area contributed by atoms with Gasteiger partial charge in [-0.15, -0.1) is 11.3 Å². The van der Waals surface area contributed by atoms with Crippen molar-refractivity contribution in [3.05, 3.63) is 28.2 Å². The fraction of sp³-hybridized carbons (Fsp3) is 0.429. The molecule has 0 fully saturated rings. The molecule has 1 heterocycles. The number of carbonyl (C=O) groups is 1. The standard InChI is InChI=1S/C14H16N2OS/c1-9-10(2)18-14(12(9)8-15)16-13(17)11-6-4-3-5-7-11/h3-4,11H,5-7H2,1-2H3,(H,16,17). The molecule has 1 atom stereocenters. The van der Waals surface area contributed by atoms with Gasteiger partial charge in [-0.25, -0.2) is 0 Å². The molecule has 0 aliphatic heterocycles. The molecule has 1 aromatic rings. The second-order valence-corrected chi connectivity index (χ2v) is 5.79. The van der Waals surface area contributed by atoms with E-state index in [1.807, 2.05) is 13.8 Å². The third-order valence-electron chi connectivity index (χ3n) is 3.37. The van der Waals surface area contributed by atoms with Crippen molar-refractivity contribution in [1.29, 1.82) is 5.26 Å². The van der Waals surface area contributed by atoms with Gasteiger partial charge in [0, 0.05) is 10.8 Å². The molecule has 1 aliphatic rings. The third-order valence-corrected chi connectivity index (χ3v) is 4.50. The van der Waals surface area contributed by atoms with Crippen molar-refractivity contribution in [1.82, 2.24) is 0 Å². The van der Waals surface area contributed by atoms with Gasteiger partial charge >= 0.3 is 0 Å². The van der Waals surface area contributed by atoms with E-state index in [-0.39, 0.29) is 11.8 Å². The minimum absolute atomic E-state index is 0.0390. The Hall–Kier alpha value is -1.60. The Morgan fingerprint density at radius 1 is 1.50 bits per heavy atom. The summed E-state index contributed by atoms with van der Waals surface area (Å²) < 4.78 is 0. The summed E-state index contributed by atoms with van der Waals surface area (Å²) in [5.74, 6) is 0.0846. The van der Waals surface area contributed by atoms with Crippen LogP contribution in [-0.2, 0) is 4.79 Å². The number of rotatable bonds is 2. The van der Waals surface area contributed by atoms with Crippen LogP contribution in [0.2, 0.25) is 0 Å². The third kappa shape index (κ3) is 2.46. The molecule has 4 heteroatoms. The number of amides is 1. The average Bonchev–Trinajstić information content (AvgIpc) is 2.65. The highest BCUT2D eigenvalue weighted by Crippen LogP contribution is 2.32. The maximum Gasteiger partial charge on any atom is 0.228 e. The second-order valence-electron chi connectivity index (χ2n) is 4.57. The first-order valence-corrected chi connectivity index (χ1v) is 6.91. The quantitative estimate of drug-likeness (QED) is 0.827. The number of thiophene rings is 1. The Kier molecular flexibility index (Phi) is 3.83. The molecule has 0 radical (unpaired) electrons. The predicted octanol–water partition coefficient (Wildman–Crippen LogP) is 3.53. The van der Waals surface area contributed by atoms with Crippen molar-refractivity contribution >= 4 is 22.2 Å². The first kappa shape index (κ1) is 12.8. The largest absolute Gasteiger partial charge is 0.316 e. The van der Waals surface area contributed by atoms with Gasteiger partial charge < -0.3 is 5.32 Å². The van der Waals surface area contributed by atoms with Crippen molar-refractivity contribution in [2.24, 2.45) is 5.92 Å². The molecular formula is C14H16N2OS. The molecule has 3 nitrogen and oxygen atoms in total. The molecule has 1 aliphatic carbocycles. The Morgan fingerprint density at radius 3 is 2.89 bits per heavy atom. The lowest BCUT2D eigenvalue weighted by Crippen LogP contribution is -2.23. The Bertz CT molecular complexity index is 537. The van der Waals surface area contributed by atoms with Gasteiger partial charge in [0.1, 0.15) is 11.1 Å². The van der Waals surface area contributed by atoms with Gasteiger partial charge in [0.15, 0.2) is 0 Å². The first-order valence-electron chi connectivity index (χ1n) is 6.09. The van der Waals surface area contributed by atoms with Gasteiger partial charge in [-0.3, -0.25) is 4.79 Å². The number of allylic oxidation sites excluding steroid dienone is 2. The SMILES string of the molecule is Cc1sc(NC(=O)C2CC=CCC2)c(C#N)c1C. The van der Waals surface area contributed by atoms with E-state index in [4.69, 9.17) is 5.26 Å². The molecular weight excluding hydrogens is 244 g/mol.